The number of nitrogens with one attached hydrogen (secondary N) is 2. The number of rotatable bonds is 13. The maximum absolute atomic E-state index is 14.4. The number of fused-ring (bicyclic) bond motifs is 1. The van der Waals surface area contributed by atoms with Gasteiger partial charge < -0.3 is 30.1 Å². The molecule has 3 aliphatic heterocycles. The van der Waals surface area contributed by atoms with Crippen molar-refractivity contribution in [2.45, 2.75) is 109 Å². The molecule has 3 aliphatic rings. The van der Waals surface area contributed by atoms with E-state index in [4.69, 9.17) is 9.47 Å². The minimum absolute atomic E-state index is 0.0407. The lowest BCUT2D eigenvalue weighted by Crippen LogP contribution is -2.60. The van der Waals surface area contributed by atoms with Crippen molar-refractivity contribution >= 4 is 23.4 Å². The molecule has 3 unspecified atom stereocenters. The van der Waals surface area contributed by atoms with Gasteiger partial charge in [0.05, 0.1) is 36.7 Å². The molecule has 4 rings (SSSR count). The lowest BCUT2D eigenvalue weighted by Gasteiger charge is -2.39. The zero-order valence-electron chi connectivity index (χ0n) is 24.9. The largest absolute Gasteiger partial charge is 0.494 e. The Morgan fingerprint density at radius 2 is 1.82 bits per heavy atom. The number of nitrogens with zero attached hydrogens (tertiary/aromatic N) is 1. The second kappa shape index (κ2) is 12.1. The van der Waals surface area contributed by atoms with Gasteiger partial charge in [-0.2, -0.15) is 0 Å². The van der Waals surface area contributed by atoms with Crippen molar-refractivity contribution in [2.24, 2.45) is 17.8 Å². The Kier molecular flexibility index (Phi) is 9.15. The monoisotopic (exact) mass is 557 g/mol. The Balaban J connectivity index is 1.73. The number of anilines is 1. The van der Waals surface area contributed by atoms with Gasteiger partial charge in [-0.05, 0) is 69.7 Å². The maximum Gasteiger partial charge on any atom is 0.246 e. The fourth-order valence-electron chi connectivity index (χ4n) is 7.37. The van der Waals surface area contributed by atoms with Gasteiger partial charge in [0, 0.05) is 11.7 Å². The third kappa shape index (κ3) is 5.00. The highest BCUT2D eigenvalue weighted by atomic mass is 16.5. The van der Waals surface area contributed by atoms with Crippen LogP contribution in [-0.4, -0.2) is 70.3 Å². The molecule has 3 N–H and O–H groups in total. The molecule has 3 amide bonds. The highest BCUT2D eigenvalue weighted by Crippen LogP contribution is 2.64. The third-order valence-electron chi connectivity index (χ3n) is 9.54. The van der Waals surface area contributed by atoms with E-state index in [0.717, 1.165) is 19.3 Å². The average molecular weight is 558 g/mol. The lowest BCUT2D eigenvalue weighted by molar-refractivity contribution is -0.151. The average Bonchev–Trinajstić information content (AvgIpc) is 3.54. The van der Waals surface area contributed by atoms with Gasteiger partial charge in [-0.25, -0.2) is 0 Å². The Bertz CT molecular complexity index is 1080. The van der Waals surface area contributed by atoms with E-state index in [2.05, 4.69) is 17.6 Å². The fourth-order valence-corrected chi connectivity index (χ4v) is 7.37. The number of hydrogen-bond acceptors (Lipinski definition) is 6. The summed E-state index contributed by atoms with van der Waals surface area (Å²) in [5, 5.41) is 16.6. The number of carbonyl (C=O) groups excluding carboxylic acids is 3. The van der Waals surface area contributed by atoms with Gasteiger partial charge >= 0.3 is 0 Å². The molecule has 3 fully saturated rings. The van der Waals surface area contributed by atoms with Crippen molar-refractivity contribution in [1.29, 1.82) is 0 Å². The summed E-state index contributed by atoms with van der Waals surface area (Å²) in [5.74, 6) is -1.71. The lowest BCUT2D eigenvalue weighted by atomic mass is 9.65. The number of carbonyl (C=O) groups is 3. The predicted molar refractivity (Wildman–Crippen MR) is 153 cm³/mol. The van der Waals surface area contributed by atoms with Gasteiger partial charge in [0.25, 0.3) is 0 Å². The Morgan fingerprint density at radius 1 is 1.12 bits per heavy atom. The first kappa shape index (κ1) is 30.3. The van der Waals surface area contributed by atoms with Crippen LogP contribution in [0.4, 0.5) is 5.69 Å². The Hall–Kier alpha value is -2.65. The zero-order chi connectivity index (χ0) is 29.2. The summed E-state index contributed by atoms with van der Waals surface area (Å²) < 4.78 is 12.4. The highest BCUT2D eigenvalue weighted by Gasteiger charge is 2.79. The predicted octanol–water partition coefficient (Wildman–Crippen LogP) is 3.89. The van der Waals surface area contributed by atoms with Crippen molar-refractivity contribution in [2.75, 3.05) is 18.5 Å². The van der Waals surface area contributed by atoms with Crippen LogP contribution in [0, 0.1) is 17.8 Å². The van der Waals surface area contributed by atoms with Crippen LogP contribution in [0.25, 0.3) is 0 Å². The molecule has 2 bridgehead atoms. The smallest absolute Gasteiger partial charge is 0.246 e. The SMILES string of the molecule is CCCC(C)NC(=O)C1N([C@@H](CO)[C@@H](C)CC)C(=O)[C@@H]2[C@H](C(=O)Nc3ccc(OCC)cc3)[C@]3(CC)CCC12O3. The van der Waals surface area contributed by atoms with E-state index in [1.165, 1.54) is 0 Å². The van der Waals surface area contributed by atoms with Crippen molar-refractivity contribution in [3.05, 3.63) is 24.3 Å². The molecule has 9 nitrogen and oxygen atoms in total. The topological polar surface area (TPSA) is 117 Å². The fraction of sp³-hybridized carbons (Fsp3) is 0.710. The van der Waals surface area contributed by atoms with Crippen LogP contribution in [-0.2, 0) is 19.1 Å². The molecule has 3 heterocycles. The van der Waals surface area contributed by atoms with Gasteiger partial charge in [0.1, 0.15) is 17.4 Å². The summed E-state index contributed by atoms with van der Waals surface area (Å²) in [6, 6.07) is 5.63. The summed E-state index contributed by atoms with van der Waals surface area (Å²) >= 11 is 0. The highest BCUT2D eigenvalue weighted by molar-refractivity contribution is 6.02. The minimum Gasteiger partial charge on any atom is -0.494 e. The summed E-state index contributed by atoms with van der Waals surface area (Å²) in [7, 11) is 0. The number of ether oxygens (including phenoxy) is 2. The number of benzene rings is 1. The van der Waals surface area contributed by atoms with Crippen LogP contribution in [0.15, 0.2) is 24.3 Å². The van der Waals surface area contributed by atoms with Crippen LogP contribution in [0.1, 0.15) is 80.1 Å². The maximum atomic E-state index is 14.4. The first-order valence-corrected chi connectivity index (χ1v) is 15.1. The van der Waals surface area contributed by atoms with E-state index in [9.17, 15) is 19.5 Å². The molecule has 1 aromatic carbocycles. The number of aliphatic hydroxyl groups is 1. The molecule has 40 heavy (non-hydrogen) atoms. The van der Waals surface area contributed by atoms with Crippen molar-refractivity contribution in [3.8, 4) is 5.75 Å². The van der Waals surface area contributed by atoms with Crippen molar-refractivity contribution < 1.29 is 29.0 Å². The molecular weight excluding hydrogens is 510 g/mol. The standard InChI is InChI=1S/C31H47N3O6/c1-7-11-20(6)32-28(37)26-31-17-16-30(9-3,40-31)24(25(31)29(38)34(26)23(18-35)19(5)8-2)27(36)33-21-12-14-22(15-13-21)39-10-4/h12-15,19-20,23-26,35H,7-11,16-18H2,1-6H3,(H,32,37)(H,33,36)/t19-,20?,23-,24+,25-,26?,30-,31?/m0/s1. The van der Waals surface area contributed by atoms with E-state index < -0.39 is 35.1 Å². The summed E-state index contributed by atoms with van der Waals surface area (Å²) in [4.78, 5) is 44.0. The Labute approximate surface area is 238 Å². The molecule has 1 aromatic rings. The van der Waals surface area contributed by atoms with Crippen LogP contribution in [0.3, 0.4) is 0 Å². The number of likely N-dealkylation sites (tertiary alicyclic amines) is 1. The molecule has 222 valence electrons. The molecule has 0 radical (unpaired) electrons. The number of hydrogen-bond donors (Lipinski definition) is 3. The van der Waals surface area contributed by atoms with Gasteiger partial charge in [0.2, 0.25) is 17.7 Å². The molecule has 0 aliphatic carbocycles. The van der Waals surface area contributed by atoms with Gasteiger partial charge in [0.15, 0.2) is 0 Å². The van der Waals surface area contributed by atoms with Crippen LogP contribution in [0.2, 0.25) is 0 Å². The summed E-state index contributed by atoms with van der Waals surface area (Å²) in [5.41, 5.74) is -1.35. The molecule has 0 aromatic heterocycles. The second-order valence-electron chi connectivity index (χ2n) is 11.9. The quantitative estimate of drug-likeness (QED) is 0.339. The molecule has 3 saturated heterocycles. The second-order valence-corrected chi connectivity index (χ2v) is 11.9. The van der Waals surface area contributed by atoms with E-state index in [-0.39, 0.29) is 36.3 Å². The molecule has 1 spiro atoms. The molecule has 9 heteroatoms. The van der Waals surface area contributed by atoms with E-state index >= 15 is 0 Å². The van der Waals surface area contributed by atoms with Crippen LogP contribution >= 0.6 is 0 Å². The van der Waals surface area contributed by atoms with Crippen molar-refractivity contribution in [1.82, 2.24) is 10.2 Å². The van der Waals surface area contributed by atoms with Gasteiger partial charge in [-0.1, -0.05) is 40.5 Å². The normalized spacial score (nSPS) is 31.0. The number of aliphatic hydroxyl groups excluding tert-OH is 1. The van der Waals surface area contributed by atoms with Gasteiger partial charge in [-0.15, -0.1) is 0 Å². The molecular formula is C31H47N3O6. The third-order valence-corrected chi connectivity index (χ3v) is 9.54. The van der Waals surface area contributed by atoms with Crippen LogP contribution < -0.4 is 15.4 Å². The molecule has 0 saturated carbocycles. The number of amides is 3. The van der Waals surface area contributed by atoms with Crippen LogP contribution in [0.5, 0.6) is 5.75 Å². The Morgan fingerprint density at radius 3 is 2.40 bits per heavy atom. The minimum atomic E-state index is -1.12. The summed E-state index contributed by atoms with van der Waals surface area (Å²) in [6.07, 6.45) is 4.11. The van der Waals surface area contributed by atoms with E-state index in [1.54, 1.807) is 29.2 Å². The van der Waals surface area contributed by atoms with E-state index in [0.29, 0.717) is 37.3 Å². The summed E-state index contributed by atoms with van der Waals surface area (Å²) in [6.45, 7) is 12.2. The molecule has 8 atom stereocenters. The zero-order valence-corrected chi connectivity index (χ0v) is 24.9. The van der Waals surface area contributed by atoms with E-state index in [1.807, 2.05) is 34.6 Å². The van der Waals surface area contributed by atoms with Crippen molar-refractivity contribution in [3.63, 3.8) is 0 Å². The first-order chi connectivity index (χ1) is 19.1. The first-order valence-electron chi connectivity index (χ1n) is 15.1. The van der Waals surface area contributed by atoms with Gasteiger partial charge in [-0.3, -0.25) is 14.4 Å².